The highest BCUT2D eigenvalue weighted by Gasteiger charge is 2.43. The third-order valence-electron chi connectivity index (χ3n) is 5.76. The lowest BCUT2D eigenvalue weighted by Crippen LogP contribution is -2.59. The molecule has 3 aliphatic rings. The number of nitrogens with zero attached hydrogens (tertiary/aromatic N) is 3. The molecule has 0 N–H and O–H groups in total. The van der Waals surface area contributed by atoms with Crippen molar-refractivity contribution in [2.45, 2.75) is 37.8 Å². The van der Waals surface area contributed by atoms with E-state index in [0.717, 1.165) is 31.4 Å². The predicted octanol–water partition coefficient (Wildman–Crippen LogP) is 1.77. The second-order valence-corrected chi connectivity index (χ2v) is 7.51. The minimum absolute atomic E-state index is 0.0109. The van der Waals surface area contributed by atoms with E-state index < -0.39 is 0 Å². The van der Waals surface area contributed by atoms with Gasteiger partial charge in [-0.05, 0) is 37.8 Å². The van der Waals surface area contributed by atoms with Gasteiger partial charge in [-0.15, -0.1) is 0 Å². The fourth-order valence-electron chi connectivity index (χ4n) is 4.13. The smallest absolute Gasteiger partial charge is 0.249 e. The maximum atomic E-state index is 12.6. The normalized spacial score (nSPS) is 23.0. The number of aromatic nitrogens is 1. The van der Waals surface area contributed by atoms with Crippen LogP contribution < -0.4 is 0 Å². The molecular weight excluding hydrogens is 330 g/mol. The van der Waals surface area contributed by atoms with Gasteiger partial charge in [0, 0.05) is 25.2 Å². The summed E-state index contributed by atoms with van der Waals surface area (Å²) in [6.07, 6.45) is 9.24. The second-order valence-electron chi connectivity index (χ2n) is 7.51. The maximum Gasteiger partial charge on any atom is 0.249 e. The van der Waals surface area contributed by atoms with Crippen molar-refractivity contribution >= 4 is 11.8 Å². The number of carbonyl (C=O) groups is 2. The van der Waals surface area contributed by atoms with Crippen LogP contribution in [0.3, 0.4) is 0 Å². The van der Waals surface area contributed by atoms with E-state index in [1.807, 2.05) is 28.0 Å². The van der Waals surface area contributed by atoms with Crippen LogP contribution in [0.1, 0.15) is 31.4 Å². The minimum atomic E-state index is -0.326. The highest BCUT2D eigenvalue weighted by atomic mass is 16.5. The predicted molar refractivity (Wildman–Crippen MR) is 96.0 cm³/mol. The Bertz CT molecular complexity index is 688. The van der Waals surface area contributed by atoms with Gasteiger partial charge in [-0.2, -0.15) is 0 Å². The molecule has 2 saturated heterocycles. The lowest BCUT2D eigenvalue weighted by Gasteiger charge is -2.47. The molecule has 2 fully saturated rings. The Hall–Kier alpha value is -2.21. The standard InChI is InChI=1S/C20H25N3O3/c24-18-14-26-20(15-23(18)13-17-7-3-4-10-21-17)8-11-22(12-9-20)19(25)16-5-1-2-6-16/h1-4,7,10,16H,5-6,8-9,11-15H2. The molecule has 0 saturated carbocycles. The molecule has 0 atom stereocenters. The Morgan fingerprint density at radius 2 is 2.00 bits per heavy atom. The Kier molecular flexibility index (Phi) is 4.76. The number of morpholine rings is 1. The van der Waals surface area contributed by atoms with Crippen LogP contribution in [0.5, 0.6) is 0 Å². The van der Waals surface area contributed by atoms with Crippen molar-refractivity contribution in [3.63, 3.8) is 0 Å². The van der Waals surface area contributed by atoms with E-state index in [9.17, 15) is 9.59 Å². The Morgan fingerprint density at radius 3 is 2.69 bits per heavy atom. The molecular formula is C20H25N3O3. The summed E-state index contributed by atoms with van der Waals surface area (Å²) in [5.74, 6) is 0.400. The molecule has 2 amide bonds. The summed E-state index contributed by atoms with van der Waals surface area (Å²) >= 11 is 0. The van der Waals surface area contributed by atoms with Gasteiger partial charge in [0.2, 0.25) is 11.8 Å². The highest BCUT2D eigenvalue weighted by molar-refractivity contribution is 5.80. The van der Waals surface area contributed by atoms with Gasteiger partial charge in [0.05, 0.1) is 24.4 Å². The number of amides is 2. The number of hydrogen-bond donors (Lipinski definition) is 0. The number of pyridine rings is 1. The lowest BCUT2D eigenvalue weighted by molar-refractivity contribution is -0.175. The molecule has 0 aromatic carbocycles. The van der Waals surface area contributed by atoms with Crippen molar-refractivity contribution in [3.8, 4) is 0 Å². The van der Waals surface area contributed by atoms with Gasteiger partial charge in [0.1, 0.15) is 6.61 Å². The van der Waals surface area contributed by atoms with E-state index in [2.05, 4.69) is 17.1 Å². The molecule has 1 aromatic heterocycles. The first-order valence-corrected chi connectivity index (χ1v) is 9.41. The number of likely N-dealkylation sites (tertiary alicyclic amines) is 1. The van der Waals surface area contributed by atoms with Crippen LogP contribution >= 0.6 is 0 Å². The number of piperidine rings is 1. The second kappa shape index (κ2) is 7.19. The van der Waals surface area contributed by atoms with Gasteiger partial charge in [0.25, 0.3) is 0 Å². The summed E-state index contributed by atoms with van der Waals surface area (Å²) < 4.78 is 5.98. The number of carbonyl (C=O) groups excluding carboxylic acids is 2. The van der Waals surface area contributed by atoms with Crippen molar-refractivity contribution in [2.75, 3.05) is 26.2 Å². The van der Waals surface area contributed by atoms with Crippen LogP contribution in [0.4, 0.5) is 0 Å². The Labute approximate surface area is 153 Å². The molecule has 6 nitrogen and oxygen atoms in total. The van der Waals surface area contributed by atoms with Crippen molar-refractivity contribution < 1.29 is 14.3 Å². The summed E-state index contributed by atoms with van der Waals surface area (Å²) in [4.78, 5) is 33.0. The van der Waals surface area contributed by atoms with Crippen LogP contribution in [0, 0.1) is 5.92 Å². The zero-order chi connectivity index (χ0) is 18.0. The summed E-state index contributed by atoms with van der Waals surface area (Å²) in [7, 11) is 0. The molecule has 2 aliphatic heterocycles. The van der Waals surface area contributed by atoms with Crippen molar-refractivity contribution in [2.24, 2.45) is 5.92 Å². The van der Waals surface area contributed by atoms with Crippen LogP contribution in [-0.2, 0) is 20.9 Å². The van der Waals surface area contributed by atoms with E-state index in [1.165, 1.54) is 0 Å². The molecule has 0 bridgehead atoms. The summed E-state index contributed by atoms with van der Waals surface area (Å²) in [6, 6.07) is 5.75. The SMILES string of the molecule is O=C1COC2(CCN(C(=O)C3CC=CC3)CC2)CN1Cc1ccccn1. The molecule has 4 rings (SSSR count). The molecule has 26 heavy (non-hydrogen) atoms. The molecule has 1 aromatic rings. The average molecular weight is 355 g/mol. The van der Waals surface area contributed by atoms with Crippen LogP contribution in [0.15, 0.2) is 36.5 Å². The maximum absolute atomic E-state index is 12.6. The van der Waals surface area contributed by atoms with Crippen LogP contribution in [-0.4, -0.2) is 58.4 Å². The highest BCUT2D eigenvalue weighted by Crippen LogP contribution is 2.32. The molecule has 1 aliphatic carbocycles. The van der Waals surface area contributed by atoms with E-state index >= 15 is 0 Å². The van der Waals surface area contributed by atoms with Gasteiger partial charge in [-0.3, -0.25) is 14.6 Å². The fourth-order valence-corrected chi connectivity index (χ4v) is 4.13. The largest absolute Gasteiger partial charge is 0.363 e. The minimum Gasteiger partial charge on any atom is -0.363 e. The summed E-state index contributed by atoms with van der Waals surface area (Å²) in [6.45, 7) is 2.63. The lowest BCUT2D eigenvalue weighted by atomic mass is 9.88. The first-order chi connectivity index (χ1) is 12.7. The van der Waals surface area contributed by atoms with E-state index in [1.54, 1.807) is 6.20 Å². The summed E-state index contributed by atoms with van der Waals surface area (Å²) in [5, 5.41) is 0. The van der Waals surface area contributed by atoms with Gasteiger partial charge in [-0.1, -0.05) is 18.2 Å². The first kappa shape index (κ1) is 17.2. The Morgan fingerprint density at radius 1 is 1.23 bits per heavy atom. The summed E-state index contributed by atoms with van der Waals surface area (Å²) in [5.41, 5.74) is 0.562. The number of ether oxygens (including phenoxy) is 1. The van der Waals surface area contributed by atoms with Crippen LogP contribution in [0.2, 0.25) is 0 Å². The first-order valence-electron chi connectivity index (χ1n) is 9.41. The molecule has 3 heterocycles. The molecule has 0 radical (unpaired) electrons. The van der Waals surface area contributed by atoms with Crippen molar-refractivity contribution in [3.05, 3.63) is 42.2 Å². The quantitative estimate of drug-likeness (QED) is 0.775. The van der Waals surface area contributed by atoms with Gasteiger partial charge < -0.3 is 14.5 Å². The van der Waals surface area contributed by atoms with Gasteiger partial charge >= 0.3 is 0 Å². The molecule has 138 valence electrons. The third-order valence-corrected chi connectivity index (χ3v) is 5.76. The third kappa shape index (κ3) is 3.51. The number of allylic oxidation sites excluding steroid dienone is 2. The monoisotopic (exact) mass is 355 g/mol. The van der Waals surface area contributed by atoms with E-state index in [4.69, 9.17) is 4.74 Å². The number of rotatable bonds is 3. The van der Waals surface area contributed by atoms with E-state index in [0.29, 0.717) is 26.2 Å². The zero-order valence-corrected chi connectivity index (χ0v) is 15.0. The topological polar surface area (TPSA) is 62.7 Å². The van der Waals surface area contributed by atoms with E-state index in [-0.39, 0.29) is 29.9 Å². The molecule has 0 unspecified atom stereocenters. The van der Waals surface area contributed by atoms with Crippen molar-refractivity contribution in [1.29, 1.82) is 0 Å². The number of hydrogen-bond acceptors (Lipinski definition) is 4. The van der Waals surface area contributed by atoms with Gasteiger partial charge in [0.15, 0.2) is 0 Å². The zero-order valence-electron chi connectivity index (χ0n) is 15.0. The van der Waals surface area contributed by atoms with Gasteiger partial charge in [-0.25, -0.2) is 0 Å². The fraction of sp³-hybridized carbons (Fsp3) is 0.550. The molecule has 1 spiro atoms. The Balaban J connectivity index is 1.37. The molecule has 6 heteroatoms. The average Bonchev–Trinajstić information content (AvgIpc) is 3.21. The van der Waals surface area contributed by atoms with Crippen LogP contribution in [0.25, 0.3) is 0 Å². The van der Waals surface area contributed by atoms with Crippen molar-refractivity contribution in [1.82, 2.24) is 14.8 Å².